The van der Waals surface area contributed by atoms with E-state index in [-0.39, 0.29) is 16.2 Å². The summed E-state index contributed by atoms with van der Waals surface area (Å²) in [5.74, 6) is -2.64. The van der Waals surface area contributed by atoms with Crippen molar-refractivity contribution in [1.82, 2.24) is 9.88 Å². The van der Waals surface area contributed by atoms with Gasteiger partial charge in [-0.25, -0.2) is 0 Å². The predicted molar refractivity (Wildman–Crippen MR) is 122 cm³/mol. The van der Waals surface area contributed by atoms with Gasteiger partial charge < -0.3 is 0 Å². The van der Waals surface area contributed by atoms with E-state index < -0.39 is 56.9 Å². The summed E-state index contributed by atoms with van der Waals surface area (Å²) in [5.41, 5.74) is -2.06. The first-order valence-corrected chi connectivity index (χ1v) is 13.0. The second-order valence-electron chi connectivity index (χ2n) is 10.2. The molecule has 1 aliphatic heterocycles. The summed E-state index contributed by atoms with van der Waals surface area (Å²) in [6, 6.07) is 2.08. The average molecular weight is 549 g/mol. The van der Waals surface area contributed by atoms with Crippen molar-refractivity contribution in [3.05, 3.63) is 17.7 Å². The van der Waals surface area contributed by atoms with Gasteiger partial charge in [-0.2, -0.15) is 0 Å². The van der Waals surface area contributed by atoms with Crippen molar-refractivity contribution in [2.24, 2.45) is 5.41 Å². The quantitative estimate of drug-likeness (QED) is 0.430. The number of aromatic nitrogens is 1. The van der Waals surface area contributed by atoms with Crippen molar-refractivity contribution in [3.63, 3.8) is 0 Å². The van der Waals surface area contributed by atoms with Gasteiger partial charge in [0.25, 0.3) is 0 Å². The van der Waals surface area contributed by atoms with Gasteiger partial charge in [0.1, 0.15) is 0 Å². The minimum atomic E-state index is -5.15. The minimum absolute atomic E-state index is 0.0316. The number of carbonyl (C=O) groups excluding carboxylic acids is 2. The van der Waals surface area contributed by atoms with E-state index in [4.69, 9.17) is 4.74 Å². The molecule has 0 aliphatic carbocycles. The number of hydrogen-bond donors (Lipinski definition) is 2. The zero-order valence-corrected chi connectivity index (χ0v) is 22.1. The molecule has 1 fully saturated rings. The molecule has 0 aromatic carbocycles. The number of pyridine rings is 1. The zero-order chi connectivity index (χ0) is 26.1. The molecule has 2 heterocycles. The summed E-state index contributed by atoms with van der Waals surface area (Å²) in [5, 5.41) is 11.9. The molecule has 1 aromatic heterocycles. The number of ketones is 1. The Bertz CT molecular complexity index is 941. The Morgan fingerprint density at radius 1 is 1.15 bits per heavy atom. The van der Waals surface area contributed by atoms with Crippen molar-refractivity contribution in [1.29, 1.82) is 0 Å². The third-order valence-electron chi connectivity index (χ3n) is 5.11. The Hall–Kier alpha value is -2.29. The zero-order valence-electron chi connectivity index (χ0n) is 20.0. The normalized spacial score (nSPS) is 19.9. The molecular weight excluding hydrogens is 518 g/mol. The monoisotopic (exact) mass is 549 g/mol. The number of alkyl halides is 3. The molecule has 190 valence electrons. The van der Waals surface area contributed by atoms with Crippen LogP contribution in [0.15, 0.2) is 12.1 Å². The second-order valence-corrected chi connectivity index (χ2v) is 13.5. The van der Waals surface area contributed by atoms with Crippen LogP contribution in [0.4, 0.5) is 28.6 Å². The van der Waals surface area contributed by atoms with Crippen LogP contribution in [0.1, 0.15) is 64.7 Å². The summed E-state index contributed by atoms with van der Waals surface area (Å²) in [4.78, 5) is 41.6. The SMILES string of the molecule is CC(C)(C)OC(=O)Nc1nc([AsH]C2CCCN(C(=O)O)C2C(C)(C)C)ccc1C(=O)C(F)(F)F. The van der Waals surface area contributed by atoms with E-state index in [2.05, 4.69) is 10.3 Å². The molecule has 0 bridgehead atoms. The summed E-state index contributed by atoms with van der Waals surface area (Å²) in [6.45, 7) is 11.0. The molecule has 8 nitrogen and oxygen atoms in total. The summed E-state index contributed by atoms with van der Waals surface area (Å²) >= 11 is -1.16. The molecule has 34 heavy (non-hydrogen) atoms. The molecule has 3 atom stereocenters. The number of carboxylic acid groups (broad SMARTS) is 1. The number of rotatable bonds is 4. The first kappa shape index (κ1) is 27.9. The fraction of sp³-hybridized carbons (Fsp3) is 0.636. The van der Waals surface area contributed by atoms with Crippen molar-refractivity contribution in [2.45, 2.75) is 76.9 Å². The Balaban J connectivity index is 2.42. The van der Waals surface area contributed by atoms with Gasteiger partial charge in [0.05, 0.1) is 0 Å². The average Bonchev–Trinajstić information content (AvgIpc) is 2.64. The number of anilines is 1. The van der Waals surface area contributed by atoms with E-state index in [0.717, 1.165) is 12.5 Å². The summed E-state index contributed by atoms with van der Waals surface area (Å²) < 4.78 is 44.9. The van der Waals surface area contributed by atoms with E-state index in [1.54, 1.807) is 20.8 Å². The number of nitrogens with one attached hydrogen (secondary N) is 1. The van der Waals surface area contributed by atoms with Crippen LogP contribution in [-0.2, 0) is 4.74 Å². The number of carbonyl (C=O) groups is 3. The molecule has 3 unspecified atom stereocenters. The molecule has 1 aromatic rings. The molecular formula is C22H31AsF3N3O5. The van der Waals surface area contributed by atoms with Crippen molar-refractivity contribution < 1.29 is 37.4 Å². The van der Waals surface area contributed by atoms with Crippen LogP contribution in [0.2, 0.25) is 4.71 Å². The third-order valence-corrected chi connectivity index (χ3v) is 8.36. The number of halogens is 3. The Morgan fingerprint density at radius 2 is 1.76 bits per heavy atom. The topological polar surface area (TPSA) is 109 Å². The van der Waals surface area contributed by atoms with Crippen LogP contribution in [0.5, 0.6) is 0 Å². The molecule has 0 radical (unpaired) electrons. The molecule has 12 heteroatoms. The third kappa shape index (κ3) is 7.35. The fourth-order valence-electron chi connectivity index (χ4n) is 3.99. The maximum absolute atomic E-state index is 13.1. The number of nitrogens with zero attached hydrogens (tertiary/aromatic N) is 2. The van der Waals surface area contributed by atoms with Crippen LogP contribution in [0, 0.1) is 5.41 Å². The van der Waals surface area contributed by atoms with Gasteiger partial charge in [0.15, 0.2) is 0 Å². The number of Topliss-reactive ketones (excluding diaryl/α,β-unsaturated/α-hetero) is 1. The Morgan fingerprint density at radius 3 is 2.26 bits per heavy atom. The number of amides is 2. The first-order chi connectivity index (χ1) is 15.4. The van der Waals surface area contributed by atoms with Gasteiger partial charge in [0.2, 0.25) is 0 Å². The standard InChI is InChI=1S/C22H31AsF3N3O5/c1-20(2,3)15-13(8-7-11-29(15)19(32)33)23-14-10-9-12(16(30)22(24,25)26)17(27-14)28-18(31)34-21(4,5)6/h9-10,13,15,23H,7-8,11H2,1-6H3,(H,32,33)(H,27,28,31). The summed E-state index contributed by atoms with van der Waals surface area (Å²) in [7, 11) is 0. The number of ether oxygens (including phenoxy) is 1. The van der Waals surface area contributed by atoms with Crippen LogP contribution in [0.25, 0.3) is 0 Å². The number of likely N-dealkylation sites (tertiary alicyclic amines) is 1. The molecule has 2 amide bonds. The van der Waals surface area contributed by atoms with Crippen LogP contribution < -0.4 is 9.80 Å². The van der Waals surface area contributed by atoms with E-state index >= 15 is 0 Å². The summed E-state index contributed by atoms with van der Waals surface area (Å²) in [6.07, 6.45) is -5.77. The van der Waals surface area contributed by atoms with Gasteiger partial charge in [-0.1, -0.05) is 0 Å². The molecule has 0 spiro atoms. The maximum atomic E-state index is 13.1. The van der Waals surface area contributed by atoms with Gasteiger partial charge >= 0.3 is 203 Å². The van der Waals surface area contributed by atoms with E-state index in [1.807, 2.05) is 20.8 Å². The van der Waals surface area contributed by atoms with Crippen molar-refractivity contribution in [3.8, 4) is 0 Å². The van der Waals surface area contributed by atoms with Crippen LogP contribution in [-0.4, -0.2) is 73.1 Å². The Kier molecular flexibility index (Phi) is 8.33. The van der Waals surface area contributed by atoms with Crippen LogP contribution >= 0.6 is 0 Å². The first-order valence-electron chi connectivity index (χ1n) is 10.8. The van der Waals surface area contributed by atoms with Gasteiger partial charge in [-0.3, -0.25) is 0 Å². The molecule has 1 aliphatic rings. The number of piperidine rings is 1. The van der Waals surface area contributed by atoms with Gasteiger partial charge in [-0.05, 0) is 0 Å². The van der Waals surface area contributed by atoms with Crippen molar-refractivity contribution >= 4 is 44.0 Å². The predicted octanol–water partition coefficient (Wildman–Crippen LogP) is 4.21. The van der Waals surface area contributed by atoms with E-state index in [9.17, 15) is 32.7 Å². The fourth-order valence-corrected chi connectivity index (χ4v) is 8.03. The van der Waals surface area contributed by atoms with E-state index in [0.29, 0.717) is 17.4 Å². The van der Waals surface area contributed by atoms with Crippen LogP contribution in [0.3, 0.4) is 0 Å². The van der Waals surface area contributed by atoms with E-state index in [1.165, 1.54) is 11.0 Å². The molecule has 0 saturated carbocycles. The molecule has 2 rings (SSSR count). The Labute approximate surface area is 203 Å². The molecule has 2 N–H and O–H groups in total. The molecule has 1 saturated heterocycles. The van der Waals surface area contributed by atoms with Gasteiger partial charge in [0, 0.05) is 0 Å². The second kappa shape index (κ2) is 10.1. The van der Waals surface area contributed by atoms with Crippen molar-refractivity contribution in [2.75, 3.05) is 11.9 Å². The number of hydrogen-bond acceptors (Lipinski definition) is 5. The van der Waals surface area contributed by atoms with Gasteiger partial charge in [-0.15, -0.1) is 0 Å².